The Morgan fingerprint density at radius 3 is 2.56 bits per heavy atom. The van der Waals surface area contributed by atoms with Crippen LogP contribution >= 0.6 is 11.6 Å². The summed E-state index contributed by atoms with van der Waals surface area (Å²) in [6, 6.07) is 0.763. The summed E-state index contributed by atoms with van der Waals surface area (Å²) >= 11 is 5.31. The van der Waals surface area contributed by atoms with E-state index in [2.05, 4.69) is 4.74 Å². The summed E-state index contributed by atoms with van der Waals surface area (Å²) in [5.74, 6) is -1.23. The molecule has 0 saturated heterocycles. The van der Waals surface area contributed by atoms with Crippen LogP contribution in [0.3, 0.4) is 0 Å². The number of halogens is 4. The highest BCUT2D eigenvalue weighted by Crippen LogP contribution is 2.25. The Labute approximate surface area is 92.0 Å². The molecule has 0 spiro atoms. The van der Waals surface area contributed by atoms with Gasteiger partial charge in [0.2, 0.25) is 0 Å². The van der Waals surface area contributed by atoms with Gasteiger partial charge < -0.3 is 9.72 Å². The maximum absolute atomic E-state index is 12.0. The van der Waals surface area contributed by atoms with Crippen molar-refractivity contribution in [3.05, 3.63) is 27.7 Å². The van der Waals surface area contributed by atoms with Gasteiger partial charge in [0, 0.05) is 6.07 Å². The Bertz CT molecular complexity index is 455. The minimum Gasteiger partial charge on any atom is -0.405 e. The second kappa shape index (κ2) is 4.56. The Kier molecular flexibility index (Phi) is 3.58. The topological polar surface area (TPSA) is 59.2 Å². The van der Waals surface area contributed by atoms with Gasteiger partial charge in [-0.2, -0.15) is 0 Å². The molecule has 1 aromatic heterocycles. The number of alkyl halides is 4. The number of aromatic nitrogens is 1. The molecule has 0 aliphatic rings. The van der Waals surface area contributed by atoms with Crippen LogP contribution in [0.25, 0.3) is 0 Å². The van der Waals surface area contributed by atoms with Gasteiger partial charge in [0.15, 0.2) is 6.29 Å². The highest BCUT2D eigenvalue weighted by Gasteiger charge is 2.32. The number of rotatable bonds is 3. The monoisotopic (exact) mass is 255 g/mol. The number of aromatic amines is 1. The van der Waals surface area contributed by atoms with Crippen LogP contribution in [-0.2, 0) is 5.88 Å². The number of pyridine rings is 1. The molecule has 0 aliphatic carbocycles. The SMILES string of the molecule is O=Cc1cc(OC(F)(F)F)c(CCl)c(=O)[nH]1. The normalized spacial score (nSPS) is 11.2. The molecule has 0 amide bonds. The third-order valence-corrected chi connectivity index (χ3v) is 1.87. The van der Waals surface area contributed by atoms with E-state index in [-0.39, 0.29) is 17.5 Å². The molecule has 88 valence electrons. The van der Waals surface area contributed by atoms with Crippen molar-refractivity contribution >= 4 is 17.9 Å². The molecule has 0 fully saturated rings. The van der Waals surface area contributed by atoms with Gasteiger partial charge >= 0.3 is 6.36 Å². The first-order valence-corrected chi connectivity index (χ1v) is 4.44. The molecule has 4 nitrogen and oxygen atoms in total. The summed E-state index contributed by atoms with van der Waals surface area (Å²) in [7, 11) is 0. The molecule has 1 N–H and O–H groups in total. The first kappa shape index (κ1) is 12.6. The summed E-state index contributed by atoms with van der Waals surface area (Å²) in [5.41, 5.74) is -1.60. The van der Waals surface area contributed by atoms with Gasteiger partial charge in [0.1, 0.15) is 5.75 Å². The van der Waals surface area contributed by atoms with E-state index in [0.29, 0.717) is 0 Å². The van der Waals surface area contributed by atoms with E-state index < -0.39 is 23.6 Å². The van der Waals surface area contributed by atoms with E-state index in [1.807, 2.05) is 4.98 Å². The lowest BCUT2D eigenvalue weighted by atomic mass is 10.2. The molecule has 0 radical (unpaired) electrons. The average molecular weight is 256 g/mol. The van der Waals surface area contributed by atoms with Gasteiger partial charge in [-0.05, 0) is 0 Å². The van der Waals surface area contributed by atoms with E-state index in [9.17, 15) is 22.8 Å². The Balaban J connectivity index is 3.29. The summed E-state index contributed by atoms with van der Waals surface area (Å²) in [5, 5.41) is 0. The zero-order chi connectivity index (χ0) is 12.3. The zero-order valence-electron chi connectivity index (χ0n) is 7.60. The molecule has 0 atom stereocenters. The smallest absolute Gasteiger partial charge is 0.405 e. The van der Waals surface area contributed by atoms with Gasteiger partial charge in [-0.25, -0.2) is 0 Å². The number of H-pyrrole nitrogens is 1. The largest absolute Gasteiger partial charge is 0.573 e. The Morgan fingerprint density at radius 2 is 2.12 bits per heavy atom. The van der Waals surface area contributed by atoms with Crippen LogP contribution in [0.15, 0.2) is 10.9 Å². The number of nitrogens with one attached hydrogen (secondary N) is 1. The van der Waals surface area contributed by atoms with Crippen molar-refractivity contribution in [2.45, 2.75) is 12.2 Å². The van der Waals surface area contributed by atoms with Crippen LogP contribution in [0, 0.1) is 0 Å². The molecular weight excluding hydrogens is 251 g/mol. The standard InChI is InChI=1S/C8H5ClF3NO3/c9-2-5-6(16-8(10,11)12)1-4(3-14)13-7(5)15/h1,3H,2H2,(H,13,15). The first-order valence-electron chi connectivity index (χ1n) is 3.90. The maximum atomic E-state index is 12.0. The minimum atomic E-state index is -4.95. The van der Waals surface area contributed by atoms with E-state index in [4.69, 9.17) is 11.6 Å². The Morgan fingerprint density at radius 1 is 1.50 bits per heavy atom. The van der Waals surface area contributed by atoms with Crippen LogP contribution in [0.1, 0.15) is 16.1 Å². The molecule has 1 aromatic rings. The number of carbonyl (C=O) groups is 1. The van der Waals surface area contributed by atoms with E-state index >= 15 is 0 Å². The Hall–Kier alpha value is -1.50. The van der Waals surface area contributed by atoms with E-state index in [0.717, 1.165) is 6.07 Å². The molecule has 0 aromatic carbocycles. The van der Waals surface area contributed by atoms with Crippen LogP contribution in [0.2, 0.25) is 0 Å². The van der Waals surface area contributed by atoms with Crippen molar-refractivity contribution in [1.82, 2.24) is 4.98 Å². The fraction of sp³-hybridized carbons (Fsp3) is 0.250. The first-order chi connectivity index (χ1) is 7.37. The molecule has 0 saturated carbocycles. The van der Waals surface area contributed by atoms with Crippen molar-refractivity contribution in [3.63, 3.8) is 0 Å². The molecule has 8 heteroatoms. The van der Waals surface area contributed by atoms with Crippen LogP contribution in [0.5, 0.6) is 5.75 Å². The number of carbonyl (C=O) groups excluding carboxylic acids is 1. The number of aldehydes is 1. The van der Waals surface area contributed by atoms with Crippen LogP contribution in [-0.4, -0.2) is 17.6 Å². The lowest BCUT2D eigenvalue weighted by Crippen LogP contribution is -2.22. The van der Waals surface area contributed by atoms with Gasteiger partial charge in [0.05, 0.1) is 17.1 Å². The lowest BCUT2D eigenvalue weighted by Gasteiger charge is -2.11. The predicted molar refractivity (Wildman–Crippen MR) is 48.7 cm³/mol. The molecule has 0 unspecified atom stereocenters. The van der Waals surface area contributed by atoms with Crippen molar-refractivity contribution in [3.8, 4) is 5.75 Å². The van der Waals surface area contributed by atoms with Gasteiger partial charge in [-0.3, -0.25) is 9.59 Å². The van der Waals surface area contributed by atoms with Crippen molar-refractivity contribution in [2.75, 3.05) is 0 Å². The molecular formula is C8H5ClF3NO3. The highest BCUT2D eigenvalue weighted by atomic mass is 35.5. The quantitative estimate of drug-likeness (QED) is 0.662. The fourth-order valence-electron chi connectivity index (χ4n) is 0.989. The summed E-state index contributed by atoms with van der Waals surface area (Å²) < 4.78 is 39.5. The molecule has 1 heterocycles. The zero-order valence-corrected chi connectivity index (χ0v) is 8.35. The van der Waals surface area contributed by atoms with Gasteiger partial charge in [-0.15, -0.1) is 24.8 Å². The number of ether oxygens (including phenoxy) is 1. The van der Waals surface area contributed by atoms with Crippen molar-refractivity contribution < 1.29 is 22.7 Å². The van der Waals surface area contributed by atoms with Gasteiger partial charge in [0.25, 0.3) is 5.56 Å². The third-order valence-electron chi connectivity index (χ3n) is 1.60. The van der Waals surface area contributed by atoms with E-state index in [1.54, 1.807) is 0 Å². The van der Waals surface area contributed by atoms with Crippen LogP contribution in [0.4, 0.5) is 13.2 Å². The molecule has 1 rings (SSSR count). The second-order valence-corrected chi connectivity index (χ2v) is 2.96. The number of hydrogen-bond acceptors (Lipinski definition) is 3. The van der Waals surface area contributed by atoms with Crippen LogP contribution < -0.4 is 10.3 Å². The summed E-state index contributed by atoms with van der Waals surface area (Å²) in [6.07, 6.45) is -4.75. The third kappa shape index (κ3) is 2.99. The summed E-state index contributed by atoms with van der Waals surface area (Å²) in [4.78, 5) is 23.6. The highest BCUT2D eigenvalue weighted by molar-refractivity contribution is 6.17. The van der Waals surface area contributed by atoms with Gasteiger partial charge in [-0.1, -0.05) is 0 Å². The maximum Gasteiger partial charge on any atom is 0.573 e. The average Bonchev–Trinajstić information content (AvgIpc) is 2.14. The molecule has 0 bridgehead atoms. The predicted octanol–water partition coefficient (Wildman–Crippen LogP) is 1.82. The summed E-state index contributed by atoms with van der Waals surface area (Å²) in [6.45, 7) is 0. The number of hydrogen-bond donors (Lipinski definition) is 1. The van der Waals surface area contributed by atoms with Crippen molar-refractivity contribution in [2.24, 2.45) is 0 Å². The minimum absolute atomic E-state index is 0.197. The molecule has 0 aliphatic heterocycles. The fourth-order valence-corrected chi connectivity index (χ4v) is 1.24. The van der Waals surface area contributed by atoms with Crippen molar-refractivity contribution in [1.29, 1.82) is 0 Å². The van der Waals surface area contributed by atoms with E-state index in [1.165, 1.54) is 0 Å². The molecule has 16 heavy (non-hydrogen) atoms. The lowest BCUT2D eigenvalue weighted by molar-refractivity contribution is -0.274. The second-order valence-electron chi connectivity index (χ2n) is 2.70.